The van der Waals surface area contributed by atoms with E-state index in [4.69, 9.17) is 33.3 Å². The van der Waals surface area contributed by atoms with Crippen LogP contribution in [0.15, 0.2) is 65.0 Å². The van der Waals surface area contributed by atoms with Crippen LogP contribution < -0.4 is 5.32 Å². The largest absolute Gasteiger partial charge is 0.328 e. The summed E-state index contributed by atoms with van der Waals surface area (Å²) in [6.45, 7) is 0. The third-order valence-corrected chi connectivity index (χ3v) is 6.69. The average Bonchev–Trinajstić information content (AvgIpc) is 3.14. The first-order valence-electron chi connectivity index (χ1n) is 9.71. The lowest BCUT2D eigenvalue weighted by atomic mass is 9.85. The lowest BCUT2D eigenvalue weighted by molar-refractivity contribution is -0.116. The first kappa shape index (κ1) is 19.7. The van der Waals surface area contributed by atoms with E-state index < -0.39 is 0 Å². The molecule has 2 aromatic carbocycles. The monoisotopic (exact) mass is 456 g/mol. The molecule has 8 heteroatoms. The van der Waals surface area contributed by atoms with Crippen LogP contribution in [-0.4, -0.2) is 20.5 Å². The zero-order valence-electron chi connectivity index (χ0n) is 15.9. The molecule has 1 aliphatic heterocycles. The zero-order valence-corrected chi connectivity index (χ0v) is 18.3. The maximum absolute atomic E-state index is 12.8. The van der Waals surface area contributed by atoms with Crippen molar-refractivity contribution < 1.29 is 4.79 Å². The van der Waals surface area contributed by atoms with Crippen molar-refractivity contribution in [3.05, 3.63) is 81.0 Å². The SMILES string of the molecule is O=C1CCCC2=C1C(c1cccc(Cl)c1)n1nc(SCc3ccc(Cl)cc3)nc1N2. The number of anilines is 1. The van der Waals surface area contributed by atoms with E-state index in [1.54, 1.807) is 11.8 Å². The summed E-state index contributed by atoms with van der Waals surface area (Å²) in [5.41, 5.74) is 3.80. The fourth-order valence-corrected chi connectivity index (χ4v) is 5.02. The highest BCUT2D eigenvalue weighted by molar-refractivity contribution is 7.98. The van der Waals surface area contributed by atoms with Crippen LogP contribution in [0.4, 0.5) is 5.95 Å². The molecule has 3 aromatic rings. The topological polar surface area (TPSA) is 59.8 Å². The molecule has 0 saturated heterocycles. The van der Waals surface area contributed by atoms with Crippen molar-refractivity contribution in [3.8, 4) is 0 Å². The van der Waals surface area contributed by atoms with Crippen LogP contribution in [0.5, 0.6) is 0 Å². The molecule has 1 atom stereocenters. The molecular formula is C22H18Cl2N4OS. The van der Waals surface area contributed by atoms with Crippen molar-refractivity contribution >= 4 is 46.7 Å². The molecule has 0 spiro atoms. The van der Waals surface area contributed by atoms with Crippen molar-refractivity contribution in [1.82, 2.24) is 14.8 Å². The average molecular weight is 457 g/mol. The smallest absolute Gasteiger partial charge is 0.227 e. The fourth-order valence-electron chi connectivity index (χ4n) is 3.91. The van der Waals surface area contributed by atoms with Gasteiger partial charge in [0.05, 0.1) is 0 Å². The molecule has 152 valence electrons. The third-order valence-electron chi connectivity index (χ3n) is 5.29. The minimum Gasteiger partial charge on any atom is -0.328 e. The number of rotatable bonds is 4. The second-order valence-corrected chi connectivity index (χ2v) is 9.14. The number of fused-ring (bicyclic) bond motifs is 1. The summed E-state index contributed by atoms with van der Waals surface area (Å²) in [4.78, 5) is 17.5. The fraction of sp³-hybridized carbons (Fsp3) is 0.227. The quantitative estimate of drug-likeness (QED) is 0.495. The molecule has 5 rings (SSSR count). The first-order valence-corrected chi connectivity index (χ1v) is 11.4. The molecule has 1 aliphatic carbocycles. The summed E-state index contributed by atoms with van der Waals surface area (Å²) in [6.07, 6.45) is 2.23. The zero-order chi connectivity index (χ0) is 20.7. The standard InChI is InChI=1S/C22H18Cl2N4OS/c23-15-9-7-13(8-10-15)12-30-22-26-21-25-17-5-2-6-18(29)19(17)20(28(21)27-22)14-3-1-4-16(24)11-14/h1,3-4,7-11,20H,2,5-6,12H2,(H,25,26,27). The van der Waals surface area contributed by atoms with Crippen molar-refractivity contribution in [3.63, 3.8) is 0 Å². The Morgan fingerprint density at radius 3 is 2.73 bits per heavy atom. The van der Waals surface area contributed by atoms with Gasteiger partial charge in [-0.25, -0.2) is 4.68 Å². The molecule has 5 nitrogen and oxygen atoms in total. The Hall–Kier alpha value is -2.28. The Bertz CT molecular complexity index is 1160. The van der Waals surface area contributed by atoms with Crippen LogP contribution in [0.1, 0.15) is 36.4 Å². The van der Waals surface area contributed by atoms with E-state index in [-0.39, 0.29) is 11.8 Å². The van der Waals surface area contributed by atoms with Gasteiger partial charge in [-0.15, -0.1) is 5.10 Å². The molecular weight excluding hydrogens is 439 g/mol. The van der Waals surface area contributed by atoms with Gasteiger partial charge in [0.1, 0.15) is 6.04 Å². The van der Waals surface area contributed by atoms with Crippen LogP contribution >= 0.6 is 35.0 Å². The molecule has 2 aliphatic rings. The number of carbonyl (C=O) groups is 1. The van der Waals surface area contributed by atoms with Gasteiger partial charge in [-0.3, -0.25) is 4.79 Å². The van der Waals surface area contributed by atoms with Crippen molar-refractivity contribution in [2.75, 3.05) is 5.32 Å². The second-order valence-electron chi connectivity index (χ2n) is 7.33. The van der Waals surface area contributed by atoms with Gasteiger partial charge in [-0.1, -0.05) is 59.2 Å². The minimum atomic E-state index is -0.319. The molecule has 1 aromatic heterocycles. The van der Waals surface area contributed by atoms with E-state index in [9.17, 15) is 4.79 Å². The number of ketones is 1. The number of carbonyl (C=O) groups excluding carboxylic acids is 1. The number of hydrogen-bond acceptors (Lipinski definition) is 5. The van der Waals surface area contributed by atoms with Crippen LogP contribution in [0, 0.1) is 0 Å². The Balaban J connectivity index is 1.50. The number of Topliss-reactive ketones (excluding diaryl/α,β-unsaturated/α-hetero) is 1. The molecule has 0 saturated carbocycles. The van der Waals surface area contributed by atoms with Gasteiger partial charge in [-0.2, -0.15) is 4.98 Å². The molecule has 30 heavy (non-hydrogen) atoms. The number of nitrogens with zero attached hydrogens (tertiary/aromatic N) is 3. The maximum atomic E-state index is 12.8. The number of aromatic nitrogens is 3. The van der Waals surface area contributed by atoms with Crippen molar-refractivity contribution in [2.24, 2.45) is 0 Å². The molecule has 0 radical (unpaired) electrons. The summed E-state index contributed by atoms with van der Waals surface area (Å²) in [5, 5.41) is 10.1. The third kappa shape index (κ3) is 3.75. The highest BCUT2D eigenvalue weighted by Crippen LogP contribution is 2.41. The summed E-state index contributed by atoms with van der Waals surface area (Å²) in [5.74, 6) is 1.55. The van der Waals surface area contributed by atoms with Gasteiger partial charge in [0.15, 0.2) is 5.78 Å². The van der Waals surface area contributed by atoms with E-state index in [1.165, 1.54) is 0 Å². The van der Waals surface area contributed by atoms with E-state index in [0.717, 1.165) is 41.0 Å². The predicted molar refractivity (Wildman–Crippen MR) is 120 cm³/mol. The van der Waals surface area contributed by atoms with E-state index in [0.29, 0.717) is 27.6 Å². The highest BCUT2D eigenvalue weighted by Gasteiger charge is 2.36. The van der Waals surface area contributed by atoms with Crippen LogP contribution in [0.25, 0.3) is 0 Å². The highest BCUT2D eigenvalue weighted by atomic mass is 35.5. The second kappa shape index (κ2) is 8.10. The minimum absolute atomic E-state index is 0.158. The Morgan fingerprint density at radius 2 is 1.93 bits per heavy atom. The van der Waals surface area contributed by atoms with Crippen LogP contribution in [0.2, 0.25) is 10.0 Å². The summed E-state index contributed by atoms with van der Waals surface area (Å²) in [6, 6.07) is 15.1. The van der Waals surface area contributed by atoms with Crippen molar-refractivity contribution in [1.29, 1.82) is 0 Å². The summed E-state index contributed by atoms with van der Waals surface area (Å²) < 4.78 is 1.82. The van der Waals surface area contributed by atoms with Crippen molar-refractivity contribution in [2.45, 2.75) is 36.2 Å². The van der Waals surface area contributed by atoms with E-state index in [2.05, 4.69) is 5.32 Å². The van der Waals surface area contributed by atoms with Crippen LogP contribution in [0.3, 0.4) is 0 Å². The van der Waals surface area contributed by atoms with Gasteiger partial charge < -0.3 is 5.32 Å². The summed E-state index contributed by atoms with van der Waals surface area (Å²) >= 11 is 13.8. The van der Waals surface area contributed by atoms with Crippen LogP contribution in [-0.2, 0) is 10.5 Å². The molecule has 0 amide bonds. The Labute approximate surface area is 188 Å². The van der Waals surface area contributed by atoms with Gasteiger partial charge >= 0.3 is 0 Å². The number of benzene rings is 2. The molecule has 1 N–H and O–H groups in total. The molecule has 0 fully saturated rings. The lowest BCUT2D eigenvalue weighted by Gasteiger charge is -2.32. The number of nitrogens with one attached hydrogen (secondary N) is 1. The van der Waals surface area contributed by atoms with E-state index >= 15 is 0 Å². The number of halogens is 2. The lowest BCUT2D eigenvalue weighted by Crippen LogP contribution is -2.31. The Kier molecular flexibility index (Phi) is 5.31. The van der Waals surface area contributed by atoms with Gasteiger partial charge in [-0.05, 0) is 48.2 Å². The molecule has 1 unspecified atom stereocenters. The number of hydrogen-bond donors (Lipinski definition) is 1. The molecule has 0 bridgehead atoms. The van der Waals surface area contributed by atoms with Gasteiger partial charge in [0, 0.05) is 33.5 Å². The van der Waals surface area contributed by atoms with Gasteiger partial charge in [0.2, 0.25) is 11.1 Å². The number of thioether (sulfide) groups is 1. The predicted octanol–water partition coefficient (Wildman–Crippen LogP) is 5.90. The molecule has 2 heterocycles. The number of allylic oxidation sites excluding steroid dienone is 2. The Morgan fingerprint density at radius 1 is 1.10 bits per heavy atom. The summed E-state index contributed by atoms with van der Waals surface area (Å²) in [7, 11) is 0. The normalized spacial score (nSPS) is 18.1. The van der Waals surface area contributed by atoms with E-state index in [1.807, 2.05) is 53.2 Å². The first-order chi connectivity index (χ1) is 14.6. The maximum Gasteiger partial charge on any atom is 0.227 e. The van der Waals surface area contributed by atoms with Gasteiger partial charge in [0.25, 0.3) is 0 Å².